The second kappa shape index (κ2) is 6.93. The molecule has 3 rings (SSSR count). The molecule has 0 atom stereocenters. The van der Waals surface area contributed by atoms with E-state index in [2.05, 4.69) is 22.3 Å². The van der Waals surface area contributed by atoms with Crippen LogP contribution in [0.3, 0.4) is 0 Å². The molecule has 2 aliphatic rings. The first-order valence-electron chi connectivity index (χ1n) is 8.67. The van der Waals surface area contributed by atoms with Crippen LogP contribution in [0.1, 0.15) is 69.5 Å². The van der Waals surface area contributed by atoms with Gasteiger partial charge in [0.1, 0.15) is 0 Å². The van der Waals surface area contributed by atoms with Gasteiger partial charge in [-0.15, -0.1) is 0 Å². The first-order chi connectivity index (χ1) is 10.3. The van der Waals surface area contributed by atoms with Crippen LogP contribution >= 0.6 is 0 Å². The van der Waals surface area contributed by atoms with E-state index in [1.165, 1.54) is 44.9 Å². The van der Waals surface area contributed by atoms with Crippen molar-refractivity contribution in [2.75, 3.05) is 13.2 Å². The molecular formula is C17H29N3O. The van der Waals surface area contributed by atoms with Crippen LogP contribution in [0, 0.1) is 5.41 Å². The molecule has 2 N–H and O–H groups in total. The second-order valence-electron chi connectivity index (χ2n) is 7.05. The maximum atomic E-state index is 9.63. The summed E-state index contributed by atoms with van der Waals surface area (Å²) >= 11 is 0. The smallest absolute Gasteiger partial charge is 0.0762 e. The van der Waals surface area contributed by atoms with Crippen molar-refractivity contribution in [3.05, 3.63) is 18.0 Å². The molecule has 1 aromatic heterocycles. The highest BCUT2D eigenvalue weighted by Gasteiger charge is 2.32. The Morgan fingerprint density at radius 3 is 2.67 bits per heavy atom. The molecule has 0 unspecified atom stereocenters. The third-order valence-electron chi connectivity index (χ3n) is 5.42. The molecule has 118 valence electrons. The van der Waals surface area contributed by atoms with Crippen molar-refractivity contribution in [2.24, 2.45) is 5.41 Å². The van der Waals surface area contributed by atoms with Crippen LogP contribution in [0.2, 0.25) is 0 Å². The van der Waals surface area contributed by atoms with Crippen LogP contribution in [0.5, 0.6) is 0 Å². The first-order valence-corrected chi connectivity index (χ1v) is 8.67. The SMILES string of the molecule is OCC1(CNCc2ccn(C3CCCCC3)n2)CCCC1. The molecule has 0 radical (unpaired) electrons. The molecule has 0 amide bonds. The zero-order chi connectivity index (χ0) is 14.5. The highest BCUT2D eigenvalue weighted by Crippen LogP contribution is 2.36. The Hall–Kier alpha value is -0.870. The average Bonchev–Trinajstić information content (AvgIpc) is 3.18. The Labute approximate surface area is 127 Å². The fourth-order valence-electron chi connectivity index (χ4n) is 3.99. The number of rotatable bonds is 6. The molecule has 0 bridgehead atoms. The molecule has 2 fully saturated rings. The standard InChI is InChI=1S/C17H29N3O/c21-14-17(9-4-5-10-17)13-18-12-15-8-11-20(19-15)16-6-2-1-3-7-16/h8,11,16,18,21H,1-7,9-10,12-14H2. The Morgan fingerprint density at radius 2 is 1.95 bits per heavy atom. The molecule has 0 aliphatic heterocycles. The molecule has 0 spiro atoms. The normalized spacial score (nSPS) is 22.7. The van der Waals surface area contributed by atoms with Crippen LogP contribution in [0.25, 0.3) is 0 Å². The van der Waals surface area contributed by atoms with Gasteiger partial charge in [0.25, 0.3) is 0 Å². The van der Waals surface area contributed by atoms with Gasteiger partial charge in [-0.25, -0.2) is 0 Å². The van der Waals surface area contributed by atoms with Gasteiger partial charge in [-0.05, 0) is 31.7 Å². The molecule has 2 saturated carbocycles. The molecule has 1 heterocycles. The average molecular weight is 291 g/mol. The monoisotopic (exact) mass is 291 g/mol. The second-order valence-corrected chi connectivity index (χ2v) is 7.05. The number of hydrogen-bond acceptors (Lipinski definition) is 3. The van der Waals surface area contributed by atoms with Gasteiger partial charge in [0, 0.05) is 31.3 Å². The summed E-state index contributed by atoms with van der Waals surface area (Å²) < 4.78 is 2.17. The van der Waals surface area contributed by atoms with E-state index < -0.39 is 0 Å². The van der Waals surface area contributed by atoms with Crippen molar-refractivity contribution in [3.8, 4) is 0 Å². The van der Waals surface area contributed by atoms with Crippen LogP contribution in [0.15, 0.2) is 12.3 Å². The maximum absolute atomic E-state index is 9.63. The zero-order valence-corrected chi connectivity index (χ0v) is 13.1. The summed E-state index contributed by atoms with van der Waals surface area (Å²) in [7, 11) is 0. The van der Waals surface area contributed by atoms with Crippen LogP contribution in [-0.4, -0.2) is 28.0 Å². The molecule has 2 aliphatic carbocycles. The predicted octanol–water partition coefficient (Wildman–Crippen LogP) is 3.03. The van der Waals surface area contributed by atoms with Crippen molar-refractivity contribution in [3.63, 3.8) is 0 Å². The number of aromatic nitrogens is 2. The van der Waals surface area contributed by atoms with Gasteiger partial charge in [0.2, 0.25) is 0 Å². The molecule has 1 aromatic rings. The lowest BCUT2D eigenvalue weighted by atomic mass is 9.87. The number of hydrogen-bond donors (Lipinski definition) is 2. The highest BCUT2D eigenvalue weighted by molar-refractivity contribution is 5.00. The lowest BCUT2D eigenvalue weighted by Crippen LogP contribution is -2.34. The number of nitrogens with zero attached hydrogens (tertiary/aromatic N) is 2. The number of aliphatic hydroxyl groups is 1. The van der Waals surface area contributed by atoms with E-state index in [0.717, 1.165) is 31.6 Å². The van der Waals surface area contributed by atoms with E-state index in [4.69, 9.17) is 5.10 Å². The van der Waals surface area contributed by atoms with Crippen LogP contribution in [0.4, 0.5) is 0 Å². The van der Waals surface area contributed by atoms with E-state index in [-0.39, 0.29) is 5.41 Å². The van der Waals surface area contributed by atoms with Gasteiger partial charge in [-0.1, -0.05) is 32.1 Å². The summed E-state index contributed by atoms with van der Waals surface area (Å²) in [4.78, 5) is 0. The molecule has 0 saturated heterocycles. The third kappa shape index (κ3) is 3.67. The molecular weight excluding hydrogens is 262 g/mol. The lowest BCUT2D eigenvalue weighted by molar-refractivity contribution is 0.128. The summed E-state index contributed by atoms with van der Waals surface area (Å²) in [6.07, 6.45) is 13.6. The van der Waals surface area contributed by atoms with Gasteiger partial charge in [-0.3, -0.25) is 4.68 Å². The quantitative estimate of drug-likeness (QED) is 0.847. The largest absolute Gasteiger partial charge is 0.396 e. The van der Waals surface area contributed by atoms with Gasteiger partial charge < -0.3 is 10.4 Å². The van der Waals surface area contributed by atoms with E-state index in [9.17, 15) is 5.11 Å². The zero-order valence-electron chi connectivity index (χ0n) is 13.1. The molecule has 4 heteroatoms. The highest BCUT2D eigenvalue weighted by atomic mass is 16.3. The van der Waals surface area contributed by atoms with Crippen molar-refractivity contribution in [1.29, 1.82) is 0 Å². The topological polar surface area (TPSA) is 50.1 Å². The first kappa shape index (κ1) is 15.0. The maximum Gasteiger partial charge on any atom is 0.0762 e. The van der Waals surface area contributed by atoms with Crippen molar-refractivity contribution in [2.45, 2.75) is 70.4 Å². The number of aliphatic hydroxyl groups excluding tert-OH is 1. The van der Waals surface area contributed by atoms with E-state index in [1.54, 1.807) is 0 Å². The van der Waals surface area contributed by atoms with Crippen molar-refractivity contribution >= 4 is 0 Å². The predicted molar refractivity (Wildman–Crippen MR) is 84.0 cm³/mol. The Morgan fingerprint density at radius 1 is 1.19 bits per heavy atom. The van der Waals surface area contributed by atoms with Crippen LogP contribution < -0.4 is 5.32 Å². The minimum absolute atomic E-state index is 0.131. The Kier molecular flexibility index (Phi) is 4.96. The molecule has 4 nitrogen and oxygen atoms in total. The van der Waals surface area contributed by atoms with E-state index >= 15 is 0 Å². The fraction of sp³-hybridized carbons (Fsp3) is 0.824. The van der Waals surface area contributed by atoms with Gasteiger partial charge >= 0.3 is 0 Å². The fourth-order valence-corrected chi connectivity index (χ4v) is 3.99. The minimum atomic E-state index is 0.131. The molecule has 21 heavy (non-hydrogen) atoms. The van der Waals surface area contributed by atoms with E-state index in [0.29, 0.717) is 12.6 Å². The van der Waals surface area contributed by atoms with Gasteiger partial charge in [-0.2, -0.15) is 5.10 Å². The van der Waals surface area contributed by atoms with Crippen LogP contribution in [-0.2, 0) is 6.54 Å². The Balaban J connectivity index is 1.48. The summed E-state index contributed by atoms with van der Waals surface area (Å²) in [6, 6.07) is 2.76. The lowest BCUT2D eigenvalue weighted by Gasteiger charge is -2.26. The third-order valence-corrected chi connectivity index (χ3v) is 5.42. The van der Waals surface area contributed by atoms with Crippen molar-refractivity contribution < 1.29 is 5.11 Å². The van der Waals surface area contributed by atoms with Gasteiger partial charge in [0.15, 0.2) is 0 Å². The van der Waals surface area contributed by atoms with Crippen molar-refractivity contribution in [1.82, 2.24) is 15.1 Å². The molecule has 0 aromatic carbocycles. The summed E-state index contributed by atoms with van der Waals surface area (Å²) in [6.45, 7) is 2.05. The summed E-state index contributed by atoms with van der Waals surface area (Å²) in [5.41, 5.74) is 1.26. The van der Waals surface area contributed by atoms with Gasteiger partial charge in [0.05, 0.1) is 11.7 Å². The Bertz CT molecular complexity index is 431. The minimum Gasteiger partial charge on any atom is -0.396 e. The summed E-state index contributed by atoms with van der Waals surface area (Å²) in [5.74, 6) is 0. The van der Waals surface area contributed by atoms with E-state index in [1.807, 2.05) is 0 Å². The summed E-state index contributed by atoms with van der Waals surface area (Å²) in [5, 5.41) is 17.9. The number of nitrogens with one attached hydrogen (secondary N) is 1.